The fraction of sp³-hybridized carbons (Fsp3) is 0.143. The summed E-state index contributed by atoms with van der Waals surface area (Å²) in [5.74, 6) is -3.09. The van der Waals surface area contributed by atoms with Crippen molar-refractivity contribution >= 4 is 92.7 Å². The molecule has 6 rings (SSSR count). The van der Waals surface area contributed by atoms with Crippen LogP contribution in [-0.4, -0.2) is 32.5 Å². The number of amides is 3. The molecule has 0 radical (unpaired) electrons. The van der Waals surface area contributed by atoms with Gasteiger partial charge in [0.25, 0.3) is 5.69 Å². The molecule has 2 aliphatic heterocycles. The second kappa shape index (κ2) is 11.4. The first-order valence-corrected chi connectivity index (χ1v) is 15.4. The van der Waals surface area contributed by atoms with Crippen LogP contribution >= 0.6 is 57.9 Å². The van der Waals surface area contributed by atoms with Crippen molar-refractivity contribution in [3.63, 3.8) is 0 Å². The van der Waals surface area contributed by atoms with E-state index in [1.807, 2.05) is 0 Å². The van der Waals surface area contributed by atoms with E-state index in [1.165, 1.54) is 41.0 Å². The first kappa shape index (κ1) is 29.4. The van der Waals surface area contributed by atoms with Crippen LogP contribution in [0.2, 0.25) is 15.1 Å². The van der Waals surface area contributed by atoms with Crippen LogP contribution < -0.4 is 15.1 Å². The van der Waals surface area contributed by atoms with Crippen molar-refractivity contribution in [1.29, 1.82) is 0 Å². The number of nitrogens with one attached hydrogen (secondary N) is 1. The van der Waals surface area contributed by atoms with E-state index < -0.39 is 44.6 Å². The number of thiazole rings is 1. The Labute approximate surface area is 266 Å². The van der Waals surface area contributed by atoms with E-state index in [2.05, 4.69) is 5.32 Å². The van der Waals surface area contributed by atoms with Crippen molar-refractivity contribution in [2.45, 2.75) is 22.7 Å². The van der Waals surface area contributed by atoms with Crippen molar-refractivity contribution in [1.82, 2.24) is 4.57 Å². The fourth-order valence-corrected chi connectivity index (χ4v) is 8.38. The molecule has 10 nitrogen and oxygen atoms in total. The molecule has 3 amide bonds. The topological polar surface area (TPSA) is 132 Å². The van der Waals surface area contributed by atoms with Crippen LogP contribution in [0.5, 0.6) is 0 Å². The Balaban J connectivity index is 1.39. The minimum absolute atomic E-state index is 0.181. The van der Waals surface area contributed by atoms with Gasteiger partial charge in [-0.2, -0.15) is 0 Å². The highest BCUT2D eigenvalue weighted by atomic mass is 35.5. The molecule has 4 aromatic rings. The molecule has 0 aliphatic carbocycles. The molecular weight excluding hydrogens is 659 g/mol. The number of imide groups is 1. The monoisotopic (exact) mass is 674 g/mol. The lowest BCUT2D eigenvalue weighted by atomic mass is 9.83. The third kappa shape index (κ3) is 5.34. The maximum atomic E-state index is 13.9. The standard InChI is InChI=1S/C28H17Cl3N4O6S2/c29-14-3-1-13(2-4-14)21-22-23(26(38)34(25(22)37)16-6-8-17(9-7-16)35(40)41)42-27-24(21)43-28(39)33(27)12-20(36)32-15-5-10-18(30)19(31)11-15/h1-11,21-23H,12H2,(H,32,36)/t21-,22-,23+/m0/s1. The van der Waals surface area contributed by atoms with Gasteiger partial charge in [-0.3, -0.25) is 33.9 Å². The average molecular weight is 676 g/mol. The molecule has 15 heteroatoms. The Hall–Kier alpha value is -3.68. The van der Waals surface area contributed by atoms with Gasteiger partial charge in [0.05, 0.1) is 31.6 Å². The Morgan fingerprint density at radius 2 is 1.63 bits per heavy atom. The molecule has 1 aromatic heterocycles. The number of halogens is 3. The maximum Gasteiger partial charge on any atom is 0.308 e. The minimum atomic E-state index is -0.922. The number of carbonyl (C=O) groups excluding carboxylic acids is 3. The Morgan fingerprint density at radius 3 is 2.28 bits per heavy atom. The summed E-state index contributed by atoms with van der Waals surface area (Å²) in [5, 5.41) is 14.4. The quantitative estimate of drug-likeness (QED) is 0.146. The molecule has 1 fully saturated rings. The molecule has 2 aliphatic rings. The highest BCUT2D eigenvalue weighted by Crippen LogP contribution is 2.54. The highest BCUT2D eigenvalue weighted by molar-refractivity contribution is 8.00. The number of aromatic nitrogens is 1. The minimum Gasteiger partial charge on any atom is -0.324 e. The predicted octanol–water partition coefficient (Wildman–Crippen LogP) is 6.21. The van der Waals surface area contributed by atoms with Crippen LogP contribution in [0, 0.1) is 16.0 Å². The Morgan fingerprint density at radius 1 is 0.930 bits per heavy atom. The van der Waals surface area contributed by atoms with Gasteiger partial charge in [0.15, 0.2) is 0 Å². The molecular formula is C28H17Cl3N4O6S2. The molecule has 0 bridgehead atoms. The van der Waals surface area contributed by atoms with E-state index in [1.54, 1.807) is 30.3 Å². The van der Waals surface area contributed by atoms with Gasteiger partial charge < -0.3 is 5.32 Å². The van der Waals surface area contributed by atoms with Crippen molar-refractivity contribution < 1.29 is 19.3 Å². The summed E-state index contributed by atoms with van der Waals surface area (Å²) in [4.78, 5) is 65.7. The number of hydrogen-bond donors (Lipinski definition) is 1. The summed E-state index contributed by atoms with van der Waals surface area (Å²) in [6.45, 7) is -0.350. The van der Waals surface area contributed by atoms with Gasteiger partial charge in [0, 0.05) is 33.6 Å². The van der Waals surface area contributed by atoms with Crippen molar-refractivity contribution in [2.75, 3.05) is 10.2 Å². The molecule has 0 spiro atoms. The van der Waals surface area contributed by atoms with E-state index in [9.17, 15) is 29.3 Å². The molecule has 3 aromatic carbocycles. The van der Waals surface area contributed by atoms with E-state index in [4.69, 9.17) is 34.8 Å². The van der Waals surface area contributed by atoms with Crippen molar-refractivity contribution in [3.8, 4) is 0 Å². The number of thioether (sulfide) groups is 1. The maximum absolute atomic E-state index is 13.9. The number of carbonyl (C=O) groups is 3. The number of hydrogen-bond acceptors (Lipinski definition) is 8. The highest BCUT2D eigenvalue weighted by Gasteiger charge is 2.56. The summed E-state index contributed by atoms with van der Waals surface area (Å²) in [6, 6.07) is 16.5. The zero-order chi connectivity index (χ0) is 30.6. The van der Waals surface area contributed by atoms with Crippen LogP contribution in [0.25, 0.3) is 0 Å². The van der Waals surface area contributed by atoms with Gasteiger partial charge in [0.1, 0.15) is 11.8 Å². The van der Waals surface area contributed by atoms with Gasteiger partial charge in [-0.25, -0.2) is 4.90 Å². The molecule has 218 valence electrons. The molecule has 0 unspecified atom stereocenters. The van der Waals surface area contributed by atoms with Gasteiger partial charge in [-0.15, -0.1) is 0 Å². The van der Waals surface area contributed by atoms with E-state index in [0.717, 1.165) is 28.0 Å². The Kier molecular flexibility index (Phi) is 7.82. The summed E-state index contributed by atoms with van der Waals surface area (Å²) in [7, 11) is 0. The van der Waals surface area contributed by atoms with Crippen LogP contribution in [0.4, 0.5) is 17.1 Å². The van der Waals surface area contributed by atoms with Crippen LogP contribution in [0.3, 0.4) is 0 Å². The second-order valence-corrected chi connectivity index (χ2v) is 13.1. The smallest absolute Gasteiger partial charge is 0.308 e. The summed E-state index contributed by atoms with van der Waals surface area (Å²) < 4.78 is 1.29. The number of anilines is 2. The molecule has 43 heavy (non-hydrogen) atoms. The number of fused-ring (bicyclic) bond motifs is 2. The number of benzene rings is 3. The van der Waals surface area contributed by atoms with Crippen LogP contribution in [-0.2, 0) is 20.9 Å². The lowest BCUT2D eigenvalue weighted by Gasteiger charge is -2.30. The summed E-state index contributed by atoms with van der Waals surface area (Å²) in [6.07, 6.45) is 0. The average Bonchev–Trinajstić information content (AvgIpc) is 3.41. The van der Waals surface area contributed by atoms with Crippen molar-refractivity contribution in [3.05, 3.63) is 112 Å². The van der Waals surface area contributed by atoms with E-state index >= 15 is 0 Å². The number of rotatable bonds is 6. The van der Waals surface area contributed by atoms with Gasteiger partial charge in [-0.1, -0.05) is 70.0 Å². The zero-order valence-corrected chi connectivity index (χ0v) is 25.4. The summed E-state index contributed by atoms with van der Waals surface area (Å²) in [5.41, 5.74) is 1.08. The molecule has 0 saturated carbocycles. The number of non-ortho nitro benzene ring substituents is 1. The normalized spacial score (nSPS) is 19.2. The lowest BCUT2D eigenvalue weighted by molar-refractivity contribution is -0.384. The second-order valence-electron chi connectivity index (χ2n) is 9.68. The fourth-order valence-electron chi connectivity index (χ4n) is 5.18. The lowest BCUT2D eigenvalue weighted by Crippen LogP contribution is -2.33. The van der Waals surface area contributed by atoms with E-state index in [-0.39, 0.29) is 22.9 Å². The number of nitro groups is 1. The summed E-state index contributed by atoms with van der Waals surface area (Å²) >= 11 is 20.1. The van der Waals surface area contributed by atoms with Gasteiger partial charge in [0.2, 0.25) is 17.7 Å². The zero-order valence-electron chi connectivity index (χ0n) is 21.5. The number of nitro benzene ring substituents is 1. The third-order valence-corrected chi connectivity index (χ3v) is 10.7. The predicted molar refractivity (Wildman–Crippen MR) is 166 cm³/mol. The van der Waals surface area contributed by atoms with Crippen molar-refractivity contribution in [2.24, 2.45) is 5.92 Å². The van der Waals surface area contributed by atoms with Gasteiger partial charge in [-0.05, 0) is 48.0 Å². The molecule has 1 saturated heterocycles. The first-order valence-electron chi connectivity index (χ1n) is 12.6. The first-order chi connectivity index (χ1) is 20.5. The largest absolute Gasteiger partial charge is 0.324 e. The Bertz CT molecular complexity index is 1880. The molecule has 3 atom stereocenters. The third-order valence-electron chi connectivity index (χ3n) is 7.10. The molecule has 3 heterocycles. The van der Waals surface area contributed by atoms with Crippen LogP contribution in [0.1, 0.15) is 16.4 Å². The van der Waals surface area contributed by atoms with Gasteiger partial charge >= 0.3 is 4.87 Å². The van der Waals surface area contributed by atoms with Crippen LogP contribution in [0.15, 0.2) is 76.6 Å². The number of nitrogens with zero attached hydrogens (tertiary/aromatic N) is 3. The SMILES string of the molecule is O=C(Cn1c2c(sc1=O)[C@@H](c1ccc(Cl)cc1)[C@@H]1C(=O)N(c3ccc([N+](=O)[O-])cc3)C(=O)[C@@H]1S2)Nc1ccc(Cl)c(Cl)c1. The molecule has 1 N–H and O–H groups in total. The van der Waals surface area contributed by atoms with E-state index in [0.29, 0.717) is 31.2 Å².